The van der Waals surface area contributed by atoms with Crippen molar-refractivity contribution >= 4 is 29.0 Å². The largest absolute Gasteiger partial charge is 0.381 e. The minimum absolute atomic E-state index is 0.192. The summed E-state index contributed by atoms with van der Waals surface area (Å²) in [6, 6.07) is 1.23. The van der Waals surface area contributed by atoms with Crippen LogP contribution in [0.2, 0.25) is 5.02 Å². The van der Waals surface area contributed by atoms with Crippen LogP contribution in [0.1, 0.15) is 12.8 Å². The molecule has 0 saturated carbocycles. The number of aromatic nitrogens is 1. The van der Waals surface area contributed by atoms with E-state index in [4.69, 9.17) is 27.9 Å². The minimum atomic E-state index is -0.464. The molecule has 94 valence electrons. The van der Waals surface area contributed by atoms with E-state index in [2.05, 4.69) is 10.3 Å². The van der Waals surface area contributed by atoms with Crippen LogP contribution in [0.4, 0.5) is 10.2 Å². The van der Waals surface area contributed by atoms with Gasteiger partial charge in [0, 0.05) is 25.3 Å². The number of anilines is 1. The zero-order chi connectivity index (χ0) is 12.3. The fraction of sp³-hybridized carbons (Fsp3) is 0.545. The van der Waals surface area contributed by atoms with Crippen molar-refractivity contribution < 1.29 is 9.13 Å². The highest BCUT2D eigenvalue weighted by Gasteiger charge is 2.32. The first kappa shape index (κ1) is 12.9. The predicted octanol–water partition coefficient (Wildman–Crippen LogP) is 3.07. The van der Waals surface area contributed by atoms with Crippen molar-refractivity contribution in [2.45, 2.75) is 18.4 Å². The van der Waals surface area contributed by atoms with Gasteiger partial charge in [-0.1, -0.05) is 11.6 Å². The Morgan fingerprint density at radius 3 is 2.76 bits per heavy atom. The monoisotopic (exact) mass is 278 g/mol. The second kappa shape index (κ2) is 5.38. The van der Waals surface area contributed by atoms with Crippen LogP contribution in [0.3, 0.4) is 0 Å². The molecule has 0 bridgehead atoms. The molecule has 17 heavy (non-hydrogen) atoms. The summed E-state index contributed by atoms with van der Waals surface area (Å²) >= 11 is 11.6. The van der Waals surface area contributed by atoms with Crippen LogP contribution in [0.15, 0.2) is 12.3 Å². The number of rotatable bonds is 3. The standard InChI is InChI=1S/C11H13Cl2FN2O/c12-7-11(1-3-17-4-2-11)16-10-9(14)5-8(13)6-15-10/h5-6H,1-4,7H2,(H,15,16). The molecule has 0 radical (unpaired) electrons. The zero-order valence-electron chi connectivity index (χ0n) is 9.18. The summed E-state index contributed by atoms with van der Waals surface area (Å²) in [5, 5.41) is 3.36. The number of halogens is 3. The highest BCUT2D eigenvalue weighted by Crippen LogP contribution is 2.28. The van der Waals surface area contributed by atoms with Crippen LogP contribution in [-0.4, -0.2) is 29.6 Å². The summed E-state index contributed by atoms with van der Waals surface area (Å²) in [6.07, 6.45) is 2.88. The molecule has 0 aromatic carbocycles. The van der Waals surface area contributed by atoms with Gasteiger partial charge in [-0.15, -0.1) is 11.6 Å². The van der Waals surface area contributed by atoms with Gasteiger partial charge >= 0.3 is 0 Å². The van der Waals surface area contributed by atoms with Gasteiger partial charge in [0.05, 0.1) is 10.6 Å². The average Bonchev–Trinajstić information content (AvgIpc) is 2.34. The van der Waals surface area contributed by atoms with Crippen molar-refractivity contribution in [1.82, 2.24) is 4.98 Å². The number of nitrogens with zero attached hydrogens (tertiary/aromatic N) is 1. The quantitative estimate of drug-likeness (QED) is 0.863. The number of ether oxygens (including phenoxy) is 1. The van der Waals surface area contributed by atoms with Crippen molar-refractivity contribution in [2.75, 3.05) is 24.4 Å². The molecule has 3 nitrogen and oxygen atoms in total. The van der Waals surface area contributed by atoms with E-state index in [1.165, 1.54) is 12.3 Å². The zero-order valence-corrected chi connectivity index (χ0v) is 10.7. The number of hydrogen-bond acceptors (Lipinski definition) is 3. The van der Waals surface area contributed by atoms with Gasteiger partial charge in [0.2, 0.25) is 0 Å². The maximum absolute atomic E-state index is 13.6. The van der Waals surface area contributed by atoms with Crippen molar-refractivity contribution in [3.63, 3.8) is 0 Å². The second-order valence-corrected chi connectivity index (χ2v) is 4.84. The van der Waals surface area contributed by atoms with E-state index in [1.54, 1.807) is 0 Å². The fourth-order valence-corrected chi connectivity index (χ4v) is 2.29. The molecule has 0 amide bonds. The van der Waals surface area contributed by atoms with E-state index in [9.17, 15) is 4.39 Å². The molecule has 1 aliphatic rings. The van der Waals surface area contributed by atoms with Gasteiger partial charge in [-0.3, -0.25) is 0 Å². The molecule has 2 rings (SSSR count). The number of hydrogen-bond donors (Lipinski definition) is 1. The average molecular weight is 279 g/mol. The summed E-state index contributed by atoms with van der Waals surface area (Å²) in [5.41, 5.74) is -0.346. The predicted molar refractivity (Wildman–Crippen MR) is 66.3 cm³/mol. The van der Waals surface area contributed by atoms with Gasteiger partial charge in [-0.25, -0.2) is 9.37 Å². The molecular weight excluding hydrogens is 266 g/mol. The first-order valence-corrected chi connectivity index (χ1v) is 6.29. The lowest BCUT2D eigenvalue weighted by molar-refractivity contribution is 0.0665. The van der Waals surface area contributed by atoms with Crippen molar-refractivity contribution in [3.05, 3.63) is 23.1 Å². The Bertz CT molecular complexity index is 397. The van der Waals surface area contributed by atoms with Gasteiger partial charge < -0.3 is 10.1 Å². The Morgan fingerprint density at radius 2 is 2.18 bits per heavy atom. The smallest absolute Gasteiger partial charge is 0.166 e. The molecule has 1 N–H and O–H groups in total. The SMILES string of the molecule is Fc1cc(Cl)cnc1NC1(CCl)CCOCC1. The molecule has 1 aromatic rings. The van der Waals surface area contributed by atoms with Crippen LogP contribution >= 0.6 is 23.2 Å². The number of nitrogens with one attached hydrogen (secondary N) is 1. The summed E-state index contributed by atoms with van der Waals surface area (Å²) in [4.78, 5) is 3.95. The Kier molecular flexibility index (Phi) is 4.07. The summed E-state index contributed by atoms with van der Waals surface area (Å²) in [6.45, 7) is 1.24. The molecule has 2 heterocycles. The maximum atomic E-state index is 13.6. The number of pyridine rings is 1. The third kappa shape index (κ3) is 3.00. The third-order valence-corrected chi connectivity index (χ3v) is 3.62. The van der Waals surface area contributed by atoms with Gasteiger partial charge in [0.25, 0.3) is 0 Å². The first-order valence-electron chi connectivity index (χ1n) is 5.38. The summed E-state index contributed by atoms with van der Waals surface area (Å²) in [5.74, 6) is 0.116. The van der Waals surface area contributed by atoms with E-state index in [0.29, 0.717) is 19.1 Å². The molecule has 1 saturated heterocycles. The normalized spacial score (nSPS) is 19.0. The van der Waals surface area contributed by atoms with E-state index < -0.39 is 5.82 Å². The van der Waals surface area contributed by atoms with Crippen LogP contribution < -0.4 is 5.32 Å². The van der Waals surface area contributed by atoms with Crippen molar-refractivity contribution in [3.8, 4) is 0 Å². The van der Waals surface area contributed by atoms with Crippen molar-refractivity contribution in [2.24, 2.45) is 0 Å². The topological polar surface area (TPSA) is 34.2 Å². The van der Waals surface area contributed by atoms with E-state index in [0.717, 1.165) is 12.8 Å². The lowest BCUT2D eigenvalue weighted by Crippen LogP contribution is -2.45. The minimum Gasteiger partial charge on any atom is -0.381 e. The third-order valence-electron chi connectivity index (χ3n) is 2.90. The van der Waals surface area contributed by atoms with E-state index in [-0.39, 0.29) is 16.4 Å². The second-order valence-electron chi connectivity index (χ2n) is 4.14. The van der Waals surface area contributed by atoms with E-state index >= 15 is 0 Å². The summed E-state index contributed by atoms with van der Waals surface area (Å²) < 4.78 is 18.9. The molecule has 0 unspecified atom stereocenters. The van der Waals surface area contributed by atoms with Crippen LogP contribution in [-0.2, 0) is 4.74 Å². The molecule has 1 aromatic heterocycles. The van der Waals surface area contributed by atoms with Crippen molar-refractivity contribution in [1.29, 1.82) is 0 Å². The molecule has 1 aliphatic heterocycles. The number of alkyl halides is 1. The van der Waals surface area contributed by atoms with Gasteiger partial charge in [0.15, 0.2) is 11.6 Å². The van der Waals surface area contributed by atoms with Crippen LogP contribution in [0.25, 0.3) is 0 Å². The van der Waals surface area contributed by atoms with Gasteiger partial charge in [0.1, 0.15) is 0 Å². The lowest BCUT2D eigenvalue weighted by atomic mass is 9.92. The Morgan fingerprint density at radius 1 is 1.47 bits per heavy atom. The van der Waals surface area contributed by atoms with Crippen LogP contribution in [0, 0.1) is 5.82 Å². The first-order chi connectivity index (χ1) is 8.15. The molecule has 1 fully saturated rings. The Labute approximate surface area is 109 Å². The molecule has 6 heteroatoms. The molecular formula is C11H13Cl2FN2O. The lowest BCUT2D eigenvalue weighted by Gasteiger charge is -2.36. The molecule has 0 spiro atoms. The Balaban J connectivity index is 2.17. The highest BCUT2D eigenvalue weighted by molar-refractivity contribution is 6.30. The maximum Gasteiger partial charge on any atom is 0.166 e. The Hall–Kier alpha value is -0.580. The fourth-order valence-electron chi connectivity index (χ4n) is 1.81. The van der Waals surface area contributed by atoms with E-state index in [1.807, 2.05) is 0 Å². The van der Waals surface area contributed by atoms with Gasteiger partial charge in [-0.05, 0) is 18.9 Å². The summed E-state index contributed by atoms with van der Waals surface area (Å²) in [7, 11) is 0. The molecule has 0 atom stereocenters. The van der Waals surface area contributed by atoms with Crippen LogP contribution in [0.5, 0.6) is 0 Å². The molecule has 0 aliphatic carbocycles. The van der Waals surface area contributed by atoms with Gasteiger partial charge in [-0.2, -0.15) is 0 Å². The highest BCUT2D eigenvalue weighted by atomic mass is 35.5.